The smallest absolute Gasteiger partial charge is 0.227 e. The number of sulfone groups is 1. The lowest BCUT2D eigenvalue weighted by atomic mass is 10.1. The van der Waals surface area contributed by atoms with Crippen LogP contribution in [0.5, 0.6) is 0 Å². The van der Waals surface area contributed by atoms with Gasteiger partial charge in [0.2, 0.25) is 5.89 Å². The highest BCUT2D eigenvalue weighted by molar-refractivity contribution is 7.89. The monoisotopic (exact) mass is 261 g/mol. The quantitative estimate of drug-likeness (QED) is 0.833. The molecule has 0 saturated carbocycles. The third-order valence-electron chi connectivity index (χ3n) is 1.90. The first-order valence-corrected chi connectivity index (χ1v) is 7.46. The van der Waals surface area contributed by atoms with Crippen molar-refractivity contribution in [2.24, 2.45) is 0 Å². The van der Waals surface area contributed by atoms with Crippen LogP contribution in [0, 0.1) is 0 Å². The van der Waals surface area contributed by atoms with Gasteiger partial charge >= 0.3 is 0 Å². The largest absolute Gasteiger partial charge is 0.339 e. The van der Waals surface area contributed by atoms with E-state index in [1.807, 2.05) is 0 Å². The normalized spacial score (nSPS) is 12.9. The summed E-state index contributed by atoms with van der Waals surface area (Å²) in [5, 5.41) is 6.91. The predicted octanol–water partition coefficient (Wildman–Crippen LogP) is 0.545. The number of hydrogen-bond acceptors (Lipinski definition) is 6. The molecule has 1 aromatic heterocycles. The van der Waals surface area contributed by atoms with Crippen molar-refractivity contribution >= 4 is 9.84 Å². The summed E-state index contributed by atoms with van der Waals surface area (Å²) in [5.74, 6) is 0.502. The van der Waals surface area contributed by atoms with Crippen molar-refractivity contribution in [3.8, 4) is 0 Å². The number of nitrogens with one attached hydrogen (secondary N) is 1. The highest BCUT2D eigenvalue weighted by Gasteiger charge is 2.13. The summed E-state index contributed by atoms with van der Waals surface area (Å²) >= 11 is 0. The molecule has 1 aromatic rings. The molecule has 0 fully saturated rings. The van der Waals surface area contributed by atoms with E-state index in [1.54, 1.807) is 0 Å². The van der Waals surface area contributed by atoms with Crippen molar-refractivity contribution in [1.29, 1.82) is 0 Å². The fraction of sp³-hybridized carbons (Fsp3) is 0.800. The molecule has 0 aromatic carbocycles. The topological polar surface area (TPSA) is 85.1 Å². The first-order valence-electron chi connectivity index (χ1n) is 5.40. The molecule has 0 saturated heterocycles. The number of nitrogens with zero attached hydrogens (tertiary/aromatic N) is 2. The van der Waals surface area contributed by atoms with Crippen LogP contribution in [0.25, 0.3) is 0 Å². The predicted molar refractivity (Wildman–Crippen MR) is 64.3 cm³/mol. The summed E-state index contributed by atoms with van der Waals surface area (Å²) in [7, 11) is -3.11. The average molecular weight is 261 g/mol. The maximum atomic E-state index is 11.0. The molecular formula is C10H19N3O3S. The van der Waals surface area contributed by atoms with E-state index in [2.05, 4.69) is 36.2 Å². The van der Waals surface area contributed by atoms with Gasteiger partial charge in [-0.15, -0.1) is 0 Å². The molecule has 0 atom stereocenters. The Morgan fingerprint density at radius 3 is 2.53 bits per heavy atom. The molecule has 0 aliphatic carbocycles. The molecule has 17 heavy (non-hydrogen) atoms. The Morgan fingerprint density at radius 2 is 2.00 bits per heavy atom. The molecule has 0 bridgehead atoms. The first kappa shape index (κ1) is 14.1. The summed E-state index contributed by atoms with van der Waals surface area (Å²) in [6.45, 7) is 6.91. The van der Waals surface area contributed by atoms with E-state index in [4.69, 9.17) is 4.52 Å². The van der Waals surface area contributed by atoms with Gasteiger partial charge in [0, 0.05) is 24.8 Å². The van der Waals surface area contributed by atoms with Crippen molar-refractivity contribution < 1.29 is 12.9 Å². The highest BCUT2D eigenvalue weighted by Crippen LogP contribution is 2.03. The standard InChI is InChI=1S/C10H19N3O3S/c1-10(2,3)11-6-5-9-12-8(13-16-9)7-17(4,14)15/h11H,5-7H2,1-4H3. The molecule has 7 heteroatoms. The van der Waals surface area contributed by atoms with E-state index in [-0.39, 0.29) is 17.1 Å². The van der Waals surface area contributed by atoms with Crippen molar-refractivity contribution in [2.75, 3.05) is 12.8 Å². The zero-order chi connectivity index (χ0) is 13.1. The van der Waals surface area contributed by atoms with Gasteiger partial charge in [-0.1, -0.05) is 5.16 Å². The van der Waals surface area contributed by atoms with Crippen molar-refractivity contribution in [2.45, 2.75) is 38.5 Å². The summed E-state index contributed by atoms with van der Waals surface area (Å²) in [5.41, 5.74) is 0.0373. The van der Waals surface area contributed by atoms with Gasteiger partial charge in [0.05, 0.1) is 0 Å². The fourth-order valence-corrected chi connectivity index (χ4v) is 1.82. The van der Waals surface area contributed by atoms with Crippen LogP contribution in [0.2, 0.25) is 0 Å². The van der Waals surface area contributed by atoms with Gasteiger partial charge < -0.3 is 9.84 Å². The third-order valence-corrected chi connectivity index (χ3v) is 2.68. The minimum atomic E-state index is -3.11. The Kier molecular flexibility index (Phi) is 4.26. The third kappa shape index (κ3) is 6.38. The summed E-state index contributed by atoms with van der Waals surface area (Å²) in [6, 6.07) is 0. The van der Waals surface area contributed by atoms with E-state index in [0.717, 1.165) is 6.26 Å². The lowest BCUT2D eigenvalue weighted by molar-refractivity contribution is 0.359. The van der Waals surface area contributed by atoms with Crippen molar-refractivity contribution in [1.82, 2.24) is 15.5 Å². The first-order chi connectivity index (χ1) is 7.66. The van der Waals surface area contributed by atoms with Crippen LogP contribution < -0.4 is 5.32 Å². The Hall–Kier alpha value is -0.950. The Bertz CT molecular complexity index is 459. The zero-order valence-electron chi connectivity index (χ0n) is 10.6. The highest BCUT2D eigenvalue weighted by atomic mass is 32.2. The van der Waals surface area contributed by atoms with Gasteiger partial charge in [0.1, 0.15) is 5.75 Å². The molecule has 0 aliphatic rings. The fourth-order valence-electron chi connectivity index (χ4n) is 1.23. The van der Waals surface area contributed by atoms with Gasteiger partial charge in [-0.2, -0.15) is 4.98 Å². The summed E-state index contributed by atoms with van der Waals surface area (Å²) in [6.07, 6.45) is 1.73. The van der Waals surface area contributed by atoms with Gasteiger partial charge in [-0.25, -0.2) is 8.42 Å². The van der Waals surface area contributed by atoms with E-state index in [9.17, 15) is 8.42 Å². The second-order valence-corrected chi connectivity index (χ2v) is 7.24. The van der Waals surface area contributed by atoms with Crippen molar-refractivity contribution in [3.63, 3.8) is 0 Å². The average Bonchev–Trinajstić information content (AvgIpc) is 2.46. The number of rotatable bonds is 5. The molecule has 98 valence electrons. The maximum Gasteiger partial charge on any atom is 0.227 e. The van der Waals surface area contributed by atoms with Crippen LogP contribution in [0.3, 0.4) is 0 Å². The van der Waals surface area contributed by atoms with Crippen molar-refractivity contribution in [3.05, 3.63) is 11.7 Å². The molecule has 6 nitrogen and oxygen atoms in total. The van der Waals surface area contributed by atoms with Crippen LogP contribution in [0.1, 0.15) is 32.5 Å². The van der Waals surface area contributed by atoms with Crippen LogP contribution in [0.4, 0.5) is 0 Å². The van der Waals surface area contributed by atoms with E-state index < -0.39 is 9.84 Å². The molecule has 1 N–H and O–H groups in total. The molecule has 0 unspecified atom stereocenters. The van der Waals surface area contributed by atoms with Gasteiger partial charge in [-0.3, -0.25) is 0 Å². The van der Waals surface area contributed by atoms with Crippen LogP contribution in [-0.2, 0) is 22.0 Å². The zero-order valence-corrected chi connectivity index (χ0v) is 11.5. The molecule has 0 amide bonds. The SMILES string of the molecule is CC(C)(C)NCCc1nc(CS(C)(=O)=O)no1. The summed E-state index contributed by atoms with van der Waals surface area (Å²) in [4.78, 5) is 4.02. The van der Waals surface area contributed by atoms with E-state index in [1.165, 1.54) is 0 Å². The molecule has 0 aliphatic heterocycles. The lowest BCUT2D eigenvalue weighted by Gasteiger charge is -2.19. The minimum Gasteiger partial charge on any atom is -0.339 e. The Balaban J connectivity index is 2.47. The van der Waals surface area contributed by atoms with Gasteiger partial charge in [0.25, 0.3) is 0 Å². The lowest BCUT2D eigenvalue weighted by Crippen LogP contribution is -2.37. The second kappa shape index (κ2) is 5.14. The Labute approximate surface area is 102 Å². The molecule has 1 heterocycles. The van der Waals surface area contributed by atoms with Crippen LogP contribution in [-0.4, -0.2) is 36.9 Å². The Morgan fingerprint density at radius 1 is 1.35 bits per heavy atom. The van der Waals surface area contributed by atoms with Gasteiger partial charge in [0.15, 0.2) is 15.7 Å². The molecule has 1 rings (SSSR count). The van der Waals surface area contributed by atoms with Crippen LogP contribution >= 0.6 is 0 Å². The molecule has 0 spiro atoms. The number of aromatic nitrogens is 2. The van der Waals surface area contributed by atoms with E-state index in [0.29, 0.717) is 18.9 Å². The van der Waals surface area contributed by atoms with E-state index >= 15 is 0 Å². The summed E-state index contributed by atoms with van der Waals surface area (Å²) < 4.78 is 27.0. The second-order valence-electron chi connectivity index (χ2n) is 5.10. The van der Waals surface area contributed by atoms with Crippen LogP contribution in [0.15, 0.2) is 4.52 Å². The maximum absolute atomic E-state index is 11.0. The molecule has 0 radical (unpaired) electrons. The molecular weight excluding hydrogens is 242 g/mol. The van der Waals surface area contributed by atoms with Gasteiger partial charge in [-0.05, 0) is 20.8 Å². The number of hydrogen-bond donors (Lipinski definition) is 1. The minimum absolute atomic E-state index is 0.0373.